The summed E-state index contributed by atoms with van der Waals surface area (Å²) in [5.74, 6) is 0.104. The van der Waals surface area contributed by atoms with Gasteiger partial charge < -0.3 is 0 Å². The molecular formula is C18H12FIN2O2. The van der Waals surface area contributed by atoms with E-state index in [0.717, 1.165) is 18.4 Å². The molecule has 0 saturated heterocycles. The molecule has 24 heavy (non-hydrogen) atoms. The first-order valence-electron chi connectivity index (χ1n) is 7.55. The molecule has 0 aliphatic heterocycles. The highest BCUT2D eigenvalue weighted by Gasteiger charge is 2.25. The normalized spacial score (nSPS) is 14.1. The second kappa shape index (κ2) is 5.77. The highest BCUT2D eigenvalue weighted by Crippen LogP contribution is 2.41. The van der Waals surface area contributed by atoms with Crippen LogP contribution in [0.4, 0.5) is 4.39 Å². The Balaban J connectivity index is 1.99. The fourth-order valence-electron chi connectivity index (χ4n) is 2.91. The average molecular weight is 434 g/mol. The molecule has 2 aromatic heterocycles. The van der Waals surface area contributed by atoms with E-state index in [4.69, 9.17) is 0 Å². The van der Waals surface area contributed by atoms with Crippen molar-refractivity contribution in [3.05, 3.63) is 67.5 Å². The van der Waals surface area contributed by atoms with Crippen LogP contribution in [0.2, 0.25) is 0 Å². The third-order valence-electron chi connectivity index (χ3n) is 4.29. The predicted octanol–water partition coefficient (Wildman–Crippen LogP) is 3.82. The third-order valence-corrected chi connectivity index (χ3v) is 5.23. The zero-order valence-corrected chi connectivity index (χ0v) is 14.7. The molecule has 0 N–H and O–H groups in total. The summed E-state index contributed by atoms with van der Waals surface area (Å²) in [5, 5.41) is 0.607. The largest absolute Gasteiger partial charge is 0.298 e. The number of aromatic nitrogens is 2. The molecule has 3 aromatic rings. The number of benzene rings is 1. The van der Waals surface area contributed by atoms with Gasteiger partial charge in [-0.25, -0.2) is 9.37 Å². The van der Waals surface area contributed by atoms with E-state index in [1.165, 1.54) is 16.8 Å². The molecule has 2 heterocycles. The molecule has 1 aliphatic rings. The number of aldehydes is 1. The molecule has 0 unspecified atom stereocenters. The highest BCUT2D eigenvalue weighted by atomic mass is 127. The number of carbonyl (C=O) groups excluding carboxylic acids is 1. The van der Waals surface area contributed by atoms with E-state index in [0.29, 0.717) is 26.7 Å². The summed E-state index contributed by atoms with van der Waals surface area (Å²) < 4.78 is 16.5. The Labute approximate surface area is 150 Å². The predicted molar refractivity (Wildman–Crippen MR) is 97.4 cm³/mol. The molecule has 6 heteroatoms. The van der Waals surface area contributed by atoms with Gasteiger partial charge in [-0.15, -0.1) is 0 Å². The number of carbonyl (C=O) groups is 1. The zero-order chi connectivity index (χ0) is 16.8. The van der Waals surface area contributed by atoms with Gasteiger partial charge >= 0.3 is 0 Å². The molecule has 0 atom stereocenters. The first-order chi connectivity index (χ1) is 11.6. The first kappa shape index (κ1) is 15.4. The van der Waals surface area contributed by atoms with Crippen LogP contribution >= 0.6 is 22.6 Å². The Bertz CT molecular complexity index is 1040. The minimum Gasteiger partial charge on any atom is -0.298 e. The monoisotopic (exact) mass is 434 g/mol. The Morgan fingerprint density at radius 3 is 2.79 bits per heavy atom. The maximum absolute atomic E-state index is 14.5. The minimum atomic E-state index is -0.521. The van der Waals surface area contributed by atoms with Crippen molar-refractivity contribution < 1.29 is 9.18 Å². The number of fused-ring (bicyclic) bond motifs is 1. The van der Waals surface area contributed by atoms with Crippen molar-refractivity contribution in [2.45, 2.75) is 18.8 Å². The average Bonchev–Trinajstić information content (AvgIpc) is 3.39. The van der Waals surface area contributed by atoms with Crippen LogP contribution in [0.25, 0.3) is 16.6 Å². The van der Waals surface area contributed by atoms with Crippen molar-refractivity contribution in [2.75, 3.05) is 0 Å². The summed E-state index contributed by atoms with van der Waals surface area (Å²) in [6.45, 7) is 0. The van der Waals surface area contributed by atoms with Gasteiger partial charge in [0.2, 0.25) is 0 Å². The molecular weight excluding hydrogens is 422 g/mol. The van der Waals surface area contributed by atoms with Crippen LogP contribution in [-0.2, 0) is 0 Å². The van der Waals surface area contributed by atoms with Gasteiger partial charge in [-0.05, 0) is 70.5 Å². The molecule has 120 valence electrons. The summed E-state index contributed by atoms with van der Waals surface area (Å²) in [5.41, 5.74) is 0.748. The SMILES string of the molecule is O=Cc1c(I)ccnc1-n1ccc2cc(C3CC3)cc(F)c2c1=O. The zero-order valence-electron chi connectivity index (χ0n) is 12.5. The van der Waals surface area contributed by atoms with E-state index in [1.807, 2.05) is 28.7 Å². The van der Waals surface area contributed by atoms with Crippen molar-refractivity contribution in [3.8, 4) is 5.82 Å². The molecule has 0 radical (unpaired) electrons. The second-order valence-electron chi connectivity index (χ2n) is 5.88. The lowest BCUT2D eigenvalue weighted by atomic mass is 10.0. The van der Waals surface area contributed by atoms with Gasteiger partial charge in [0.15, 0.2) is 12.1 Å². The molecule has 0 spiro atoms. The van der Waals surface area contributed by atoms with Gasteiger partial charge in [0.05, 0.1) is 10.9 Å². The van der Waals surface area contributed by atoms with Crippen molar-refractivity contribution in [3.63, 3.8) is 0 Å². The fraction of sp³-hybridized carbons (Fsp3) is 0.167. The molecule has 4 rings (SSSR count). The van der Waals surface area contributed by atoms with Crippen molar-refractivity contribution in [1.82, 2.24) is 9.55 Å². The van der Waals surface area contributed by atoms with Crippen LogP contribution in [0, 0.1) is 9.39 Å². The number of hydrogen-bond acceptors (Lipinski definition) is 3. The van der Waals surface area contributed by atoms with E-state index in [2.05, 4.69) is 4.98 Å². The Hall–Kier alpha value is -2.09. The first-order valence-corrected chi connectivity index (χ1v) is 8.63. The molecule has 1 aromatic carbocycles. The van der Waals surface area contributed by atoms with Crippen LogP contribution in [-0.4, -0.2) is 15.8 Å². The van der Waals surface area contributed by atoms with Gasteiger partial charge in [0.25, 0.3) is 5.56 Å². The van der Waals surface area contributed by atoms with Gasteiger partial charge in [-0.1, -0.05) is 6.07 Å². The molecule has 0 amide bonds. The number of rotatable bonds is 3. The van der Waals surface area contributed by atoms with E-state index < -0.39 is 11.4 Å². The Kier molecular flexibility index (Phi) is 3.71. The van der Waals surface area contributed by atoms with E-state index in [1.54, 1.807) is 18.3 Å². The number of pyridine rings is 2. The molecule has 4 nitrogen and oxygen atoms in total. The summed E-state index contributed by atoms with van der Waals surface area (Å²) in [6, 6.07) is 6.71. The lowest BCUT2D eigenvalue weighted by molar-refractivity contribution is 0.112. The maximum atomic E-state index is 14.5. The van der Waals surface area contributed by atoms with Crippen LogP contribution in [0.15, 0.2) is 41.5 Å². The second-order valence-corrected chi connectivity index (χ2v) is 7.04. The summed E-state index contributed by atoms with van der Waals surface area (Å²) >= 11 is 2.01. The Morgan fingerprint density at radius 2 is 2.08 bits per heavy atom. The van der Waals surface area contributed by atoms with E-state index >= 15 is 0 Å². The van der Waals surface area contributed by atoms with Gasteiger partial charge in [0.1, 0.15) is 5.82 Å². The standard InChI is InChI=1S/C18H12FIN2O2/c19-14-8-12(10-1-2-10)7-11-4-6-22(18(24)16(11)14)17-13(9-23)15(20)3-5-21-17/h3-10H,1-2H2. The van der Waals surface area contributed by atoms with Gasteiger partial charge in [0, 0.05) is 16.0 Å². The lowest BCUT2D eigenvalue weighted by Crippen LogP contribution is -2.21. The van der Waals surface area contributed by atoms with Gasteiger partial charge in [-0.2, -0.15) is 0 Å². The minimum absolute atomic E-state index is 0.0272. The van der Waals surface area contributed by atoms with E-state index in [9.17, 15) is 14.0 Å². The smallest absolute Gasteiger partial charge is 0.267 e. The summed E-state index contributed by atoms with van der Waals surface area (Å²) in [6.07, 6.45) is 5.86. The van der Waals surface area contributed by atoms with Crippen molar-refractivity contribution in [2.24, 2.45) is 0 Å². The maximum Gasteiger partial charge on any atom is 0.267 e. The Morgan fingerprint density at radius 1 is 1.29 bits per heavy atom. The summed E-state index contributed by atoms with van der Waals surface area (Å²) in [4.78, 5) is 28.3. The summed E-state index contributed by atoms with van der Waals surface area (Å²) in [7, 11) is 0. The quantitative estimate of drug-likeness (QED) is 0.466. The number of hydrogen-bond donors (Lipinski definition) is 0. The molecule has 1 aliphatic carbocycles. The van der Waals surface area contributed by atoms with E-state index in [-0.39, 0.29) is 11.2 Å². The lowest BCUT2D eigenvalue weighted by Gasteiger charge is -2.11. The van der Waals surface area contributed by atoms with Gasteiger partial charge in [-0.3, -0.25) is 14.2 Å². The highest BCUT2D eigenvalue weighted by molar-refractivity contribution is 14.1. The molecule has 1 saturated carbocycles. The number of halogens is 2. The van der Waals surface area contributed by atoms with Crippen molar-refractivity contribution >= 4 is 39.6 Å². The van der Waals surface area contributed by atoms with Crippen LogP contribution in [0.1, 0.15) is 34.7 Å². The fourth-order valence-corrected chi connectivity index (χ4v) is 3.44. The number of nitrogens with zero attached hydrogens (tertiary/aromatic N) is 2. The topological polar surface area (TPSA) is 52.0 Å². The van der Waals surface area contributed by atoms with Crippen LogP contribution in [0.3, 0.4) is 0 Å². The molecule has 0 bridgehead atoms. The third kappa shape index (κ3) is 2.45. The van der Waals surface area contributed by atoms with Crippen molar-refractivity contribution in [1.29, 1.82) is 0 Å². The van der Waals surface area contributed by atoms with Crippen LogP contribution < -0.4 is 5.56 Å². The van der Waals surface area contributed by atoms with Crippen LogP contribution in [0.5, 0.6) is 0 Å². The molecule has 1 fully saturated rings.